The van der Waals surface area contributed by atoms with Crippen molar-refractivity contribution in [2.75, 3.05) is 46.8 Å². The lowest BCUT2D eigenvalue weighted by atomic mass is 9.86. The van der Waals surface area contributed by atoms with Crippen LogP contribution < -0.4 is 5.32 Å². The van der Waals surface area contributed by atoms with Gasteiger partial charge in [-0.05, 0) is 58.3 Å². The number of nitrogens with zero attached hydrogens (tertiary/aromatic N) is 2. The van der Waals surface area contributed by atoms with Crippen molar-refractivity contribution in [1.29, 1.82) is 0 Å². The van der Waals surface area contributed by atoms with Gasteiger partial charge in [-0.15, -0.1) is 0 Å². The minimum absolute atomic E-state index is 0.420. The van der Waals surface area contributed by atoms with Gasteiger partial charge in [-0.2, -0.15) is 0 Å². The average molecular weight is 269 g/mol. The Kier molecular flexibility index (Phi) is 7.33. The van der Waals surface area contributed by atoms with E-state index in [0.29, 0.717) is 5.41 Å². The molecule has 0 saturated carbocycles. The summed E-state index contributed by atoms with van der Waals surface area (Å²) in [5, 5.41) is 3.61. The number of nitrogens with one attached hydrogen (secondary N) is 1. The van der Waals surface area contributed by atoms with Gasteiger partial charge in [-0.3, -0.25) is 0 Å². The SMILES string of the molecule is CCCNCC(C)(CC)CN1CCCC(N(C)C)C1. The molecule has 1 N–H and O–H groups in total. The molecule has 0 aromatic heterocycles. The molecule has 1 rings (SSSR count). The number of hydrogen-bond donors (Lipinski definition) is 1. The van der Waals surface area contributed by atoms with Crippen LogP contribution in [0.25, 0.3) is 0 Å². The Labute approximate surface area is 120 Å². The van der Waals surface area contributed by atoms with Crippen LogP contribution in [0.5, 0.6) is 0 Å². The molecule has 2 unspecified atom stereocenters. The third kappa shape index (κ3) is 5.80. The lowest BCUT2D eigenvalue weighted by molar-refractivity contribution is 0.0880. The maximum Gasteiger partial charge on any atom is 0.0217 e. The Bertz CT molecular complexity index is 242. The van der Waals surface area contributed by atoms with Crippen molar-refractivity contribution in [2.24, 2.45) is 5.41 Å². The van der Waals surface area contributed by atoms with Crippen LogP contribution in [0.4, 0.5) is 0 Å². The molecule has 0 aromatic rings. The van der Waals surface area contributed by atoms with Gasteiger partial charge in [0.15, 0.2) is 0 Å². The third-order valence-electron chi connectivity index (χ3n) is 4.65. The number of rotatable bonds is 8. The van der Waals surface area contributed by atoms with Crippen LogP contribution in [0, 0.1) is 5.41 Å². The molecule has 0 aliphatic carbocycles. The van der Waals surface area contributed by atoms with Crippen molar-refractivity contribution < 1.29 is 0 Å². The summed E-state index contributed by atoms with van der Waals surface area (Å²) in [5.41, 5.74) is 0.420. The van der Waals surface area contributed by atoms with E-state index in [1.807, 2.05) is 0 Å². The highest BCUT2D eigenvalue weighted by molar-refractivity contribution is 4.84. The van der Waals surface area contributed by atoms with E-state index in [1.165, 1.54) is 45.3 Å². The molecule has 2 atom stereocenters. The molecule has 0 radical (unpaired) electrons. The van der Waals surface area contributed by atoms with Crippen molar-refractivity contribution in [3.8, 4) is 0 Å². The van der Waals surface area contributed by atoms with Crippen molar-refractivity contribution in [3.63, 3.8) is 0 Å². The first kappa shape index (κ1) is 16.9. The van der Waals surface area contributed by atoms with E-state index in [1.54, 1.807) is 0 Å². The van der Waals surface area contributed by atoms with Gasteiger partial charge in [0.05, 0.1) is 0 Å². The summed E-state index contributed by atoms with van der Waals surface area (Å²) in [5.74, 6) is 0. The molecule has 1 heterocycles. The molecule has 1 fully saturated rings. The van der Waals surface area contributed by atoms with E-state index in [0.717, 1.165) is 19.1 Å². The van der Waals surface area contributed by atoms with Gasteiger partial charge < -0.3 is 15.1 Å². The molecule has 3 nitrogen and oxygen atoms in total. The average Bonchev–Trinajstić information content (AvgIpc) is 2.39. The summed E-state index contributed by atoms with van der Waals surface area (Å²) in [6.45, 7) is 13.1. The molecule has 114 valence electrons. The van der Waals surface area contributed by atoms with E-state index < -0.39 is 0 Å². The smallest absolute Gasteiger partial charge is 0.0217 e. The fraction of sp³-hybridized carbons (Fsp3) is 1.00. The van der Waals surface area contributed by atoms with Gasteiger partial charge in [0.25, 0.3) is 0 Å². The molecule has 0 bridgehead atoms. The van der Waals surface area contributed by atoms with Crippen LogP contribution in [0.1, 0.15) is 46.5 Å². The fourth-order valence-electron chi connectivity index (χ4n) is 3.00. The van der Waals surface area contributed by atoms with E-state index in [9.17, 15) is 0 Å². The van der Waals surface area contributed by atoms with Gasteiger partial charge in [-0.25, -0.2) is 0 Å². The molecule has 1 aliphatic rings. The van der Waals surface area contributed by atoms with E-state index in [4.69, 9.17) is 0 Å². The lowest BCUT2D eigenvalue weighted by Gasteiger charge is -2.41. The van der Waals surface area contributed by atoms with Gasteiger partial charge >= 0.3 is 0 Å². The van der Waals surface area contributed by atoms with Crippen molar-refractivity contribution in [2.45, 2.75) is 52.5 Å². The molecule has 0 aromatic carbocycles. The van der Waals surface area contributed by atoms with Crippen LogP contribution >= 0.6 is 0 Å². The second-order valence-corrected chi connectivity index (χ2v) is 6.84. The normalized spacial score (nSPS) is 24.6. The topological polar surface area (TPSA) is 18.5 Å². The van der Waals surface area contributed by atoms with Crippen LogP contribution in [0.15, 0.2) is 0 Å². The monoisotopic (exact) mass is 269 g/mol. The first-order valence-corrected chi connectivity index (χ1v) is 8.10. The zero-order chi connectivity index (χ0) is 14.3. The Morgan fingerprint density at radius 1 is 1.32 bits per heavy atom. The molecule has 1 saturated heterocycles. The standard InChI is InChI=1S/C16H35N3/c1-6-10-17-13-16(3,7-2)14-19-11-8-9-15(12-19)18(4)5/h15,17H,6-14H2,1-5H3. The molecular formula is C16H35N3. The summed E-state index contributed by atoms with van der Waals surface area (Å²) >= 11 is 0. The van der Waals surface area contributed by atoms with Gasteiger partial charge in [0, 0.05) is 25.7 Å². The third-order valence-corrected chi connectivity index (χ3v) is 4.65. The van der Waals surface area contributed by atoms with Crippen molar-refractivity contribution >= 4 is 0 Å². The molecular weight excluding hydrogens is 234 g/mol. The Balaban J connectivity index is 2.45. The molecule has 0 amide bonds. The first-order chi connectivity index (χ1) is 9.00. The predicted octanol–water partition coefficient (Wildman–Crippen LogP) is 2.43. The first-order valence-electron chi connectivity index (χ1n) is 8.10. The second kappa shape index (κ2) is 8.23. The number of hydrogen-bond acceptors (Lipinski definition) is 3. The number of likely N-dealkylation sites (N-methyl/N-ethyl adjacent to an activating group) is 1. The molecule has 19 heavy (non-hydrogen) atoms. The molecule has 1 aliphatic heterocycles. The lowest BCUT2D eigenvalue weighted by Crippen LogP contribution is -2.50. The van der Waals surface area contributed by atoms with E-state index in [-0.39, 0.29) is 0 Å². The van der Waals surface area contributed by atoms with Gasteiger partial charge in [0.1, 0.15) is 0 Å². The fourth-order valence-corrected chi connectivity index (χ4v) is 3.00. The summed E-state index contributed by atoms with van der Waals surface area (Å²) in [6.07, 6.45) is 5.20. The zero-order valence-electron chi connectivity index (χ0n) is 13.8. The summed E-state index contributed by atoms with van der Waals surface area (Å²) in [4.78, 5) is 5.08. The van der Waals surface area contributed by atoms with E-state index >= 15 is 0 Å². The summed E-state index contributed by atoms with van der Waals surface area (Å²) < 4.78 is 0. The maximum absolute atomic E-state index is 3.61. The summed E-state index contributed by atoms with van der Waals surface area (Å²) in [7, 11) is 4.44. The van der Waals surface area contributed by atoms with Gasteiger partial charge in [-0.1, -0.05) is 20.8 Å². The second-order valence-electron chi connectivity index (χ2n) is 6.84. The van der Waals surface area contributed by atoms with Crippen molar-refractivity contribution in [1.82, 2.24) is 15.1 Å². The highest BCUT2D eigenvalue weighted by atomic mass is 15.2. The quantitative estimate of drug-likeness (QED) is 0.683. The largest absolute Gasteiger partial charge is 0.316 e. The molecule has 3 heteroatoms. The highest BCUT2D eigenvalue weighted by Gasteiger charge is 2.28. The van der Waals surface area contributed by atoms with Crippen LogP contribution in [-0.2, 0) is 0 Å². The zero-order valence-corrected chi connectivity index (χ0v) is 13.8. The molecule has 0 spiro atoms. The van der Waals surface area contributed by atoms with Crippen LogP contribution in [-0.4, -0.2) is 62.7 Å². The van der Waals surface area contributed by atoms with Crippen LogP contribution in [0.2, 0.25) is 0 Å². The summed E-state index contributed by atoms with van der Waals surface area (Å²) in [6, 6.07) is 0.749. The van der Waals surface area contributed by atoms with E-state index in [2.05, 4.69) is 50.0 Å². The predicted molar refractivity (Wildman–Crippen MR) is 84.7 cm³/mol. The Morgan fingerprint density at radius 3 is 2.63 bits per heavy atom. The highest BCUT2D eigenvalue weighted by Crippen LogP contribution is 2.24. The Hall–Kier alpha value is -0.120. The number of likely N-dealkylation sites (tertiary alicyclic amines) is 1. The minimum Gasteiger partial charge on any atom is -0.316 e. The van der Waals surface area contributed by atoms with Crippen molar-refractivity contribution in [3.05, 3.63) is 0 Å². The van der Waals surface area contributed by atoms with Crippen LogP contribution in [0.3, 0.4) is 0 Å². The minimum atomic E-state index is 0.420. The van der Waals surface area contributed by atoms with Gasteiger partial charge in [0.2, 0.25) is 0 Å². The number of piperidine rings is 1. The maximum atomic E-state index is 3.61. The Morgan fingerprint density at radius 2 is 2.05 bits per heavy atom.